The molecule has 1 aliphatic heterocycles. The summed E-state index contributed by atoms with van der Waals surface area (Å²) in [4.78, 5) is 0. The normalized spacial score (nSPS) is 29.1. The van der Waals surface area contributed by atoms with E-state index in [9.17, 15) is 13.2 Å². The smallest absolute Gasteiger partial charge is 0.347 e. The summed E-state index contributed by atoms with van der Waals surface area (Å²) in [6.07, 6.45) is -0.449. The molecule has 0 bridgehead atoms. The Morgan fingerprint density at radius 2 is 2.10 bits per heavy atom. The lowest BCUT2D eigenvalue weighted by molar-refractivity contribution is -0.189. The molecule has 1 saturated carbocycles. The number of likely N-dealkylation sites (N-methyl/N-ethyl adjacent to an activating group) is 1. The Morgan fingerprint density at radius 1 is 1.38 bits per heavy atom. The maximum atomic E-state index is 12.7. The van der Waals surface area contributed by atoms with E-state index in [1.165, 1.54) is 4.68 Å². The molecule has 1 N–H and O–H groups in total. The van der Waals surface area contributed by atoms with Gasteiger partial charge >= 0.3 is 6.18 Å². The molecule has 5 nitrogen and oxygen atoms in total. The summed E-state index contributed by atoms with van der Waals surface area (Å²) in [6.45, 7) is 1.06. The maximum absolute atomic E-state index is 12.7. The predicted octanol–water partition coefficient (Wildman–Crippen LogP) is 1.96. The SMILES string of the molecule is CNC1CCC2(CC1n1cc(C(F)(F)F)cn1)OCCO2. The van der Waals surface area contributed by atoms with Crippen molar-refractivity contribution in [2.45, 2.75) is 43.3 Å². The average Bonchev–Trinajstić information content (AvgIpc) is 3.07. The van der Waals surface area contributed by atoms with Gasteiger partial charge in [0, 0.05) is 25.1 Å². The van der Waals surface area contributed by atoms with Crippen molar-refractivity contribution >= 4 is 0 Å². The van der Waals surface area contributed by atoms with Gasteiger partial charge in [0.1, 0.15) is 0 Å². The van der Waals surface area contributed by atoms with Crippen LogP contribution in [0.2, 0.25) is 0 Å². The molecule has 2 heterocycles. The minimum atomic E-state index is -4.37. The van der Waals surface area contributed by atoms with Crippen LogP contribution in [-0.2, 0) is 15.7 Å². The van der Waals surface area contributed by atoms with Crippen LogP contribution in [0.5, 0.6) is 0 Å². The highest BCUT2D eigenvalue weighted by Crippen LogP contribution is 2.41. The number of hydrogen-bond donors (Lipinski definition) is 1. The lowest BCUT2D eigenvalue weighted by atomic mass is 9.85. The second-order valence-electron chi connectivity index (χ2n) is 5.52. The zero-order valence-corrected chi connectivity index (χ0v) is 11.7. The average molecular weight is 305 g/mol. The zero-order valence-electron chi connectivity index (χ0n) is 11.7. The van der Waals surface area contributed by atoms with Gasteiger partial charge in [-0.25, -0.2) is 0 Å². The van der Waals surface area contributed by atoms with E-state index in [0.717, 1.165) is 25.2 Å². The molecule has 2 aliphatic rings. The summed E-state index contributed by atoms with van der Waals surface area (Å²) in [5, 5.41) is 7.06. The fourth-order valence-corrected chi connectivity index (χ4v) is 3.17. The molecule has 118 valence electrons. The maximum Gasteiger partial charge on any atom is 0.419 e. The molecule has 2 unspecified atom stereocenters. The first-order valence-electron chi connectivity index (χ1n) is 7.00. The molecule has 0 radical (unpaired) electrons. The number of halogens is 3. The first-order valence-corrected chi connectivity index (χ1v) is 7.00. The van der Waals surface area contributed by atoms with Crippen molar-refractivity contribution in [2.75, 3.05) is 20.3 Å². The predicted molar refractivity (Wildman–Crippen MR) is 67.6 cm³/mol. The molecule has 2 fully saturated rings. The molecule has 3 rings (SSSR count). The molecule has 0 aromatic carbocycles. The molecule has 1 aromatic rings. The van der Waals surface area contributed by atoms with Crippen molar-refractivity contribution in [1.29, 1.82) is 0 Å². The van der Waals surface area contributed by atoms with Gasteiger partial charge < -0.3 is 14.8 Å². The van der Waals surface area contributed by atoms with Gasteiger partial charge in [0.2, 0.25) is 0 Å². The Hall–Kier alpha value is -1.12. The van der Waals surface area contributed by atoms with Crippen molar-refractivity contribution in [3.63, 3.8) is 0 Å². The highest BCUT2D eigenvalue weighted by Gasteiger charge is 2.46. The van der Waals surface area contributed by atoms with Crippen LogP contribution in [0.15, 0.2) is 12.4 Å². The second kappa shape index (κ2) is 5.26. The van der Waals surface area contributed by atoms with Crippen LogP contribution < -0.4 is 5.32 Å². The van der Waals surface area contributed by atoms with Gasteiger partial charge in [0.25, 0.3) is 0 Å². The highest BCUT2D eigenvalue weighted by molar-refractivity contribution is 5.10. The third kappa shape index (κ3) is 2.79. The van der Waals surface area contributed by atoms with Gasteiger partial charge in [-0.3, -0.25) is 4.68 Å². The summed E-state index contributed by atoms with van der Waals surface area (Å²) in [7, 11) is 1.81. The minimum Gasteiger partial charge on any atom is -0.347 e. The van der Waals surface area contributed by atoms with Crippen LogP contribution in [0.3, 0.4) is 0 Å². The summed E-state index contributed by atoms with van der Waals surface area (Å²) in [6, 6.07) is -0.178. The minimum absolute atomic E-state index is 0.0457. The Morgan fingerprint density at radius 3 is 2.67 bits per heavy atom. The lowest BCUT2D eigenvalue weighted by Gasteiger charge is -2.41. The standard InChI is InChI=1S/C13H18F3N3O2/c1-17-10-2-3-12(20-4-5-21-12)6-11(10)19-8-9(7-18-19)13(14,15)16/h7-8,10-11,17H,2-6H2,1H3. The fourth-order valence-electron chi connectivity index (χ4n) is 3.17. The molecular formula is C13H18F3N3O2. The fraction of sp³-hybridized carbons (Fsp3) is 0.769. The number of rotatable bonds is 2. The number of nitrogens with zero attached hydrogens (tertiary/aromatic N) is 2. The quantitative estimate of drug-likeness (QED) is 0.907. The van der Waals surface area contributed by atoms with Crippen LogP contribution in [0.25, 0.3) is 0 Å². The highest BCUT2D eigenvalue weighted by atomic mass is 19.4. The van der Waals surface area contributed by atoms with Crippen molar-refractivity contribution in [1.82, 2.24) is 15.1 Å². The molecule has 1 aliphatic carbocycles. The van der Waals surface area contributed by atoms with E-state index < -0.39 is 17.5 Å². The monoisotopic (exact) mass is 305 g/mol. The zero-order chi connectivity index (χ0) is 15.1. The number of alkyl halides is 3. The van der Waals surface area contributed by atoms with Gasteiger partial charge in [0.15, 0.2) is 5.79 Å². The first kappa shape index (κ1) is 14.8. The van der Waals surface area contributed by atoms with Crippen LogP contribution in [0.1, 0.15) is 30.9 Å². The van der Waals surface area contributed by atoms with E-state index >= 15 is 0 Å². The Labute approximate surface area is 120 Å². The molecule has 1 aromatic heterocycles. The van der Waals surface area contributed by atoms with Crippen LogP contribution >= 0.6 is 0 Å². The van der Waals surface area contributed by atoms with Gasteiger partial charge in [0.05, 0.1) is 31.0 Å². The van der Waals surface area contributed by atoms with E-state index in [1.807, 2.05) is 0 Å². The van der Waals surface area contributed by atoms with E-state index in [0.29, 0.717) is 19.6 Å². The Bertz CT molecular complexity index is 497. The molecule has 1 spiro atoms. The van der Waals surface area contributed by atoms with Gasteiger partial charge in [-0.15, -0.1) is 0 Å². The third-order valence-electron chi connectivity index (χ3n) is 4.27. The summed E-state index contributed by atoms with van der Waals surface area (Å²) in [5.41, 5.74) is -0.731. The van der Waals surface area contributed by atoms with E-state index in [1.54, 1.807) is 7.05 Å². The molecule has 0 amide bonds. The van der Waals surface area contributed by atoms with E-state index in [2.05, 4.69) is 10.4 Å². The van der Waals surface area contributed by atoms with E-state index in [4.69, 9.17) is 9.47 Å². The van der Waals surface area contributed by atoms with Crippen LogP contribution in [0, 0.1) is 0 Å². The molecule has 8 heteroatoms. The Kier molecular flexibility index (Phi) is 3.71. The van der Waals surface area contributed by atoms with Gasteiger partial charge in [-0.2, -0.15) is 18.3 Å². The lowest BCUT2D eigenvalue weighted by Crippen LogP contribution is -2.48. The summed E-state index contributed by atoms with van der Waals surface area (Å²) < 4.78 is 50.9. The van der Waals surface area contributed by atoms with Crippen molar-refractivity contribution < 1.29 is 22.6 Å². The molecule has 1 saturated heterocycles. The molecule has 2 atom stereocenters. The summed E-state index contributed by atoms with van der Waals surface area (Å²) in [5.74, 6) is -0.664. The summed E-state index contributed by atoms with van der Waals surface area (Å²) >= 11 is 0. The number of aromatic nitrogens is 2. The topological polar surface area (TPSA) is 48.3 Å². The largest absolute Gasteiger partial charge is 0.419 e. The third-order valence-corrected chi connectivity index (χ3v) is 4.27. The van der Waals surface area contributed by atoms with Crippen molar-refractivity contribution in [2.24, 2.45) is 0 Å². The van der Waals surface area contributed by atoms with Crippen molar-refractivity contribution in [3.8, 4) is 0 Å². The van der Waals surface area contributed by atoms with Crippen molar-refractivity contribution in [3.05, 3.63) is 18.0 Å². The number of ether oxygens (including phenoxy) is 2. The van der Waals surface area contributed by atoms with Gasteiger partial charge in [-0.1, -0.05) is 0 Å². The molecular weight excluding hydrogens is 287 g/mol. The second-order valence-corrected chi connectivity index (χ2v) is 5.52. The molecule has 21 heavy (non-hydrogen) atoms. The Balaban J connectivity index is 1.84. The van der Waals surface area contributed by atoms with Crippen LogP contribution in [-0.4, -0.2) is 41.9 Å². The van der Waals surface area contributed by atoms with E-state index in [-0.39, 0.29) is 12.1 Å². The van der Waals surface area contributed by atoms with Crippen LogP contribution in [0.4, 0.5) is 13.2 Å². The van der Waals surface area contributed by atoms with Gasteiger partial charge in [-0.05, 0) is 13.5 Å². The number of hydrogen-bond acceptors (Lipinski definition) is 4. The first-order chi connectivity index (χ1) is 9.93. The number of nitrogens with one attached hydrogen (secondary N) is 1.